The minimum absolute atomic E-state index is 0.285. The third-order valence-electron chi connectivity index (χ3n) is 4.91. The van der Waals surface area contributed by atoms with Crippen LogP contribution in [-0.4, -0.2) is 30.5 Å². The molecule has 1 N–H and O–H groups in total. The summed E-state index contributed by atoms with van der Waals surface area (Å²) in [5.74, 6) is -0.285. The number of alkyl halides is 3. The van der Waals surface area contributed by atoms with E-state index >= 15 is 0 Å². The molecule has 10 heteroatoms. The first kappa shape index (κ1) is 19.2. The summed E-state index contributed by atoms with van der Waals surface area (Å²) in [6.07, 6.45) is -0.122. The molecule has 152 valence electrons. The molecule has 1 atom stereocenters. The third kappa shape index (κ3) is 3.74. The number of nitrogens with one attached hydrogen (secondary N) is 1. The summed E-state index contributed by atoms with van der Waals surface area (Å²) in [6, 6.07) is 3.92. The zero-order valence-corrected chi connectivity index (χ0v) is 15.9. The van der Waals surface area contributed by atoms with Gasteiger partial charge in [-0.1, -0.05) is 0 Å². The van der Waals surface area contributed by atoms with E-state index in [9.17, 15) is 18.0 Å². The van der Waals surface area contributed by atoms with Gasteiger partial charge in [0.2, 0.25) is 0 Å². The standard InChI is InChI=1S/C19H19F3N6O/c1-11-10-27(2)26-17(11)18(29)24-13-4-3-7-28-15(13)9-14(25-28)12-5-6-23-16(8-12)19(20,21)22/h5-6,8-10,13H,3-4,7H2,1-2H3,(H,24,29). The fourth-order valence-corrected chi connectivity index (χ4v) is 3.57. The first-order chi connectivity index (χ1) is 13.7. The number of amides is 1. The van der Waals surface area contributed by atoms with E-state index in [-0.39, 0.29) is 11.9 Å². The van der Waals surface area contributed by atoms with Gasteiger partial charge < -0.3 is 5.32 Å². The summed E-state index contributed by atoms with van der Waals surface area (Å²) in [6.45, 7) is 2.45. The fourth-order valence-electron chi connectivity index (χ4n) is 3.57. The molecule has 0 saturated heterocycles. The van der Waals surface area contributed by atoms with E-state index in [0.29, 0.717) is 29.9 Å². The van der Waals surface area contributed by atoms with Gasteiger partial charge in [-0.3, -0.25) is 19.1 Å². The van der Waals surface area contributed by atoms with E-state index < -0.39 is 11.9 Å². The van der Waals surface area contributed by atoms with Gasteiger partial charge in [-0.15, -0.1) is 0 Å². The van der Waals surface area contributed by atoms with Crippen molar-refractivity contribution >= 4 is 5.91 Å². The summed E-state index contributed by atoms with van der Waals surface area (Å²) in [7, 11) is 1.75. The quantitative estimate of drug-likeness (QED) is 0.727. The van der Waals surface area contributed by atoms with Gasteiger partial charge in [0, 0.05) is 37.1 Å². The smallest absolute Gasteiger partial charge is 0.342 e. The number of halogens is 3. The van der Waals surface area contributed by atoms with Crippen molar-refractivity contribution in [3.05, 3.63) is 53.2 Å². The number of fused-ring (bicyclic) bond motifs is 1. The normalized spacial score (nSPS) is 16.5. The Morgan fingerprint density at radius 2 is 2.07 bits per heavy atom. The highest BCUT2D eigenvalue weighted by Gasteiger charge is 2.33. The van der Waals surface area contributed by atoms with E-state index in [0.717, 1.165) is 29.9 Å². The van der Waals surface area contributed by atoms with Crippen LogP contribution in [0.1, 0.15) is 46.3 Å². The molecule has 7 nitrogen and oxygen atoms in total. The molecule has 0 spiro atoms. The van der Waals surface area contributed by atoms with Gasteiger partial charge in [-0.05, 0) is 38.0 Å². The Kier molecular flexibility index (Phi) is 4.64. The van der Waals surface area contributed by atoms with Crippen LogP contribution in [0, 0.1) is 6.92 Å². The van der Waals surface area contributed by atoms with E-state index in [4.69, 9.17) is 0 Å². The van der Waals surface area contributed by atoms with Crippen LogP contribution >= 0.6 is 0 Å². The molecule has 1 unspecified atom stereocenters. The number of aryl methyl sites for hydroxylation is 3. The molecular formula is C19H19F3N6O. The van der Waals surface area contributed by atoms with Gasteiger partial charge in [0.1, 0.15) is 5.69 Å². The number of pyridine rings is 1. The highest BCUT2D eigenvalue weighted by atomic mass is 19.4. The molecule has 0 bridgehead atoms. The van der Waals surface area contributed by atoms with Crippen molar-refractivity contribution in [2.75, 3.05) is 0 Å². The first-order valence-electron chi connectivity index (χ1n) is 9.15. The number of hydrogen-bond acceptors (Lipinski definition) is 4. The molecule has 1 aliphatic heterocycles. The van der Waals surface area contributed by atoms with Gasteiger partial charge in [-0.2, -0.15) is 23.4 Å². The second kappa shape index (κ2) is 7.02. The zero-order chi connectivity index (χ0) is 20.8. The van der Waals surface area contributed by atoms with E-state index in [2.05, 4.69) is 20.5 Å². The van der Waals surface area contributed by atoms with Crippen molar-refractivity contribution < 1.29 is 18.0 Å². The summed E-state index contributed by atoms with van der Waals surface area (Å²) >= 11 is 0. The van der Waals surface area contributed by atoms with Crippen molar-refractivity contribution in [1.82, 2.24) is 29.9 Å². The molecule has 4 heterocycles. The highest BCUT2D eigenvalue weighted by molar-refractivity contribution is 5.93. The zero-order valence-electron chi connectivity index (χ0n) is 15.9. The molecule has 0 radical (unpaired) electrons. The first-order valence-corrected chi connectivity index (χ1v) is 9.15. The molecule has 0 aliphatic carbocycles. The summed E-state index contributed by atoms with van der Waals surface area (Å²) in [5.41, 5.74) is 1.68. The van der Waals surface area contributed by atoms with Crippen molar-refractivity contribution in [3.63, 3.8) is 0 Å². The lowest BCUT2D eigenvalue weighted by molar-refractivity contribution is -0.141. The Labute approximate surface area is 164 Å². The maximum atomic E-state index is 13.0. The lowest BCUT2D eigenvalue weighted by Crippen LogP contribution is -2.33. The molecule has 0 fully saturated rings. The number of carbonyl (C=O) groups excluding carboxylic acids is 1. The monoisotopic (exact) mass is 404 g/mol. The molecule has 29 heavy (non-hydrogen) atoms. The van der Waals surface area contributed by atoms with Gasteiger partial charge in [-0.25, -0.2) is 0 Å². The highest BCUT2D eigenvalue weighted by Crippen LogP contribution is 2.32. The number of carbonyl (C=O) groups is 1. The second-order valence-corrected chi connectivity index (χ2v) is 7.11. The molecule has 0 saturated carbocycles. The SMILES string of the molecule is Cc1cn(C)nc1C(=O)NC1CCCn2nc(-c3ccnc(C(F)(F)F)c3)cc21. The molecule has 1 aliphatic rings. The molecule has 1 amide bonds. The van der Waals surface area contributed by atoms with Crippen LogP contribution in [0.3, 0.4) is 0 Å². The maximum absolute atomic E-state index is 13.0. The number of rotatable bonds is 3. The molecule has 3 aromatic rings. The molecule has 3 aromatic heterocycles. The van der Waals surface area contributed by atoms with Crippen LogP contribution in [0.4, 0.5) is 13.2 Å². The van der Waals surface area contributed by atoms with Crippen LogP contribution in [0.2, 0.25) is 0 Å². The van der Waals surface area contributed by atoms with E-state index in [1.165, 1.54) is 6.07 Å². The molecular weight excluding hydrogens is 385 g/mol. The minimum Gasteiger partial charge on any atom is -0.342 e. The average molecular weight is 404 g/mol. The predicted octanol–water partition coefficient (Wildman–Crippen LogP) is 3.27. The summed E-state index contributed by atoms with van der Waals surface area (Å²) in [4.78, 5) is 16.0. The molecule has 0 aromatic carbocycles. The lowest BCUT2D eigenvalue weighted by Gasteiger charge is -2.24. The average Bonchev–Trinajstić information content (AvgIpc) is 3.24. The van der Waals surface area contributed by atoms with Crippen LogP contribution in [0.25, 0.3) is 11.3 Å². The van der Waals surface area contributed by atoms with Crippen molar-refractivity contribution in [2.24, 2.45) is 7.05 Å². The van der Waals surface area contributed by atoms with Crippen LogP contribution in [0.5, 0.6) is 0 Å². The summed E-state index contributed by atoms with van der Waals surface area (Å²) < 4.78 is 42.2. The van der Waals surface area contributed by atoms with Gasteiger partial charge in [0.15, 0.2) is 5.69 Å². The van der Waals surface area contributed by atoms with E-state index in [1.807, 2.05) is 6.92 Å². The Balaban J connectivity index is 1.62. The Morgan fingerprint density at radius 3 is 2.76 bits per heavy atom. The van der Waals surface area contributed by atoms with Crippen LogP contribution < -0.4 is 5.32 Å². The largest absolute Gasteiger partial charge is 0.433 e. The van der Waals surface area contributed by atoms with E-state index in [1.54, 1.807) is 28.7 Å². The van der Waals surface area contributed by atoms with Crippen LogP contribution in [-0.2, 0) is 19.8 Å². The van der Waals surface area contributed by atoms with Gasteiger partial charge in [0.25, 0.3) is 5.91 Å². The maximum Gasteiger partial charge on any atom is 0.433 e. The van der Waals surface area contributed by atoms with Gasteiger partial charge in [0.05, 0.1) is 17.4 Å². The Hall–Kier alpha value is -3.17. The topological polar surface area (TPSA) is 77.6 Å². The van der Waals surface area contributed by atoms with Gasteiger partial charge >= 0.3 is 6.18 Å². The van der Waals surface area contributed by atoms with Crippen molar-refractivity contribution in [2.45, 2.75) is 38.5 Å². The predicted molar refractivity (Wildman–Crippen MR) is 97.8 cm³/mol. The molecule has 4 rings (SSSR count). The Bertz CT molecular complexity index is 1070. The number of aromatic nitrogens is 5. The summed E-state index contributed by atoms with van der Waals surface area (Å²) in [5, 5.41) is 11.6. The number of hydrogen-bond donors (Lipinski definition) is 1. The van der Waals surface area contributed by atoms with Crippen molar-refractivity contribution in [3.8, 4) is 11.3 Å². The van der Waals surface area contributed by atoms with Crippen LogP contribution in [0.15, 0.2) is 30.6 Å². The van der Waals surface area contributed by atoms with Crippen molar-refractivity contribution in [1.29, 1.82) is 0 Å². The Morgan fingerprint density at radius 1 is 1.28 bits per heavy atom. The second-order valence-electron chi connectivity index (χ2n) is 7.11. The number of nitrogens with zero attached hydrogens (tertiary/aromatic N) is 5. The lowest BCUT2D eigenvalue weighted by atomic mass is 10.0. The third-order valence-corrected chi connectivity index (χ3v) is 4.91. The minimum atomic E-state index is -4.52. The fraction of sp³-hybridized carbons (Fsp3) is 0.368.